The van der Waals surface area contributed by atoms with Crippen molar-refractivity contribution >= 4 is 34.7 Å². The maximum Gasteiger partial charge on any atom is 0.417 e. The Balaban J connectivity index is 1.97. The predicted molar refractivity (Wildman–Crippen MR) is 90.4 cm³/mol. The molecule has 0 aliphatic rings. The van der Waals surface area contributed by atoms with Crippen molar-refractivity contribution in [3.8, 4) is 0 Å². The van der Waals surface area contributed by atoms with Crippen molar-refractivity contribution in [1.82, 2.24) is 14.6 Å². The molecule has 136 valence electrons. The number of alkyl halides is 3. The molecule has 0 N–H and O–H groups in total. The monoisotopic (exact) mass is 402 g/mol. The van der Waals surface area contributed by atoms with Crippen LogP contribution in [0.4, 0.5) is 18.9 Å². The lowest BCUT2D eigenvalue weighted by Gasteiger charge is -2.11. The quantitative estimate of drug-likeness (QED) is 0.342. The summed E-state index contributed by atoms with van der Waals surface area (Å²) in [6, 6.07) is 6.81. The number of rotatable bonds is 4. The summed E-state index contributed by atoms with van der Waals surface area (Å²) in [5.74, 6) is 0. The van der Waals surface area contributed by atoms with Gasteiger partial charge in [0.2, 0.25) is 0 Å². The van der Waals surface area contributed by atoms with E-state index in [1.54, 1.807) is 19.1 Å². The van der Waals surface area contributed by atoms with E-state index in [-0.39, 0.29) is 26.8 Å². The first-order valence-corrected chi connectivity index (χ1v) is 8.45. The van der Waals surface area contributed by atoms with E-state index in [0.717, 1.165) is 24.0 Å². The van der Waals surface area contributed by atoms with E-state index in [2.05, 4.69) is 10.2 Å². The van der Waals surface area contributed by atoms with E-state index in [1.165, 1.54) is 16.5 Å². The third kappa shape index (κ3) is 3.61. The van der Waals surface area contributed by atoms with Gasteiger partial charge < -0.3 is 0 Å². The van der Waals surface area contributed by atoms with Gasteiger partial charge in [-0.1, -0.05) is 35.5 Å². The number of halogens is 4. The molecule has 1 atom stereocenters. The second-order valence-corrected chi connectivity index (χ2v) is 7.08. The van der Waals surface area contributed by atoms with Gasteiger partial charge in [0.15, 0.2) is 10.8 Å². The van der Waals surface area contributed by atoms with Crippen molar-refractivity contribution in [3.05, 3.63) is 62.8 Å². The van der Waals surface area contributed by atoms with Crippen LogP contribution in [0.15, 0.2) is 41.7 Å². The molecule has 3 rings (SSSR count). The minimum Gasteiger partial charge on any atom is -0.276 e. The molecule has 0 saturated heterocycles. The summed E-state index contributed by atoms with van der Waals surface area (Å²) in [6.07, 6.45) is -3.68. The van der Waals surface area contributed by atoms with Crippen molar-refractivity contribution in [2.75, 3.05) is 0 Å². The van der Waals surface area contributed by atoms with Gasteiger partial charge in [-0.15, -0.1) is 10.2 Å². The van der Waals surface area contributed by atoms with E-state index < -0.39 is 16.7 Å². The van der Waals surface area contributed by atoms with Crippen LogP contribution in [0.1, 0.15) is 23.3 Å². The fourth-order valence-corrected chi connectivity index (χ4v) is 3.47. The molecule has 2 aromatic heterocycles. The maximum absolute atomic E-state index is 13.0. The number of fused-ring (bicyclic) bond motifs is 1. The highest BCUT2D eigenvalue weighted by Crippen LogP contribution is 2.37. The van der Waals surface area contributed by atoms with Crippen LogP contribution in [0, 0.1) is 10.1 Å². The highest BCUT2D eigenvalue weighted by molar-refractivity contribution is 7.99. The van der Waals surface area contributed by atoms with Gasteiger partial charge in [-0.25, -0.2) is 0 Å². The van der Waals surface area contributed by atoms with Crippen molar-refractivity contribution in [3.63, 3.8) is 0 Å². The zero-order valence-electron chi connectivity index (χ0n) is 13.1. The van der Waals surface area contributed by atoms with Gasteiger partial charge in [0.1, 0.15) is 0 Å². The summed E-state index contributed by atoms with van der Waals surface area (Å²) in [5.41, 5.74) is -0.240. The topological polar surface area (TPSA) is 73.3 Å². The predicted octanol–water partition coefficient (Wildman–Crippen LogP) is 5.16. The zero-order chi connectivity index (χ0) is 19.1. The number of hydrogen-bond acceptors (Lipinski definition) is 5. The van der Waals surface area contributed by atoms with Crippen LogP contribution in [-0.4, -0.2) is 19.5 Å². The lowest BCUT2D eigenvalue weighted by atomic mass is 10.1. The van der Waals surface area contributed by atoms with E-state index >= 15 is 0 Å². The molecule has 0 amide bonds. The fourth-order valence-electron chi connectivity index (χ4n) is 2.29. The Labute approximate surface area is 154 Å². The summed E-state index contributed by atoms with van der Waals surface area (Å²) >= 11 is 7.01. The van der Waals surface area contributed by atoms with Crippen LogP contribution < -0.4 is 0 Å². The molecule has 0 aliphatic carbocycles. The summed E-state index contributed by atoms with van der Waals surface area (Å²) < 4.78 is 40.2. The number of nitrogens with zero attached hydrogens (tertiary/aromatic N) is 4. The van der Waals surface area contributed by atoms with Crippen molar-refractivity contribution in [1.29, 1.82) is 0 Å². The van der Waals surface area contributed by atoms with Crippen molar-refractivity contribution < 1.29 is 18.1 Å². The van der Waals surface area contributed by atoms with Gasteiger partial charge in [0.25, 0.3) is 5.69 Å². The van der Waals surface area contributed by atoms with Crippen LogP contribution in [0.5, 0.6) is 0 Å². The molecule has 6 nitrogen and oxygen atoms in total. The number of nitro benzene ring substituents is 1. The highest BCUT2D eigenvalue weighted by atomic mass is 35.5. The molecule has 0 radical (unpaired) electrons. The Hall–Kier alpha value is -2.33. The molecule has 1 unspecified atom stereocenters. The molecule has 3 aromatic rings. The minimum absolute atomic E-state index is 0.0662. The average molecular weight is 403 g/mol. The Bertz CT molecular complexity index is 993. The van der Waals surface area contributed by atoms with Crippen LogP contribution in [0.25, 0.3) is 5.65 Å². The number of benzene rings is 1. The summed E-state index contributed by atoms with van der Waals surface area (Å²) in [4.78, 5) is 10.4. The molecule has 11 heteroatoms. The molecule has 0 aliphatic heterocycles. The van der Waals surface area contributed by atoms with Gasteiger partial charge >= 0.3 is 6.18 Å². The number of non-ortho nitro benzene ring substituents is 1. The zero-order valence-corrected chi connectivity index (χ0v) is 14.6. The van der Waals surface area contributed by atoms with E-state index in [9.17, 15) is 23.3 Å². The molecule has 2 heterocycles. The third-order valence-corrected chi connectivity index (χ3v) is 4.98. The van der Waals surface area contributed by atoms with Crippen LogP contribution in [-0.2, 0) is 6.18 Å². The lowest BCUT2D eigenvalue weighted by molar-refractivity contribution is -0.384. The van der Waals surface area contributed by atoms with Crippen LogP contribution in [0.3, 0.4) is 0 Å². The molecule has 0 saturated carbocycles. The number of thioether (sulfide) groups is 1. The highest BCUT2D eigenvalue weighted by Gasteiger charge is 2.32. The Morgan fingerprint density at radius 2 is 2.04 bits per heavy atom. The fraction of sp³-hybridized carbons (Fsp3) is 0.200. The second kappa shape index (κ2) is 6.76. The number of hydrogen-bond donors (Lipinski definition) is 0. The molecular weight excluding hydrogens is 393 g/mol. The van der Waals surface area contributed by atoms with E-state index in [4.69, 9.17) is 11.6 Å². The normalized spacial score (nSPS) is 13.1. The number of nitro groups is 1. The lowest BCUT2D eigenvalue weighted by Crippen LogP contribution is -2.07. The summed E-state index contributed by atoms with van der Waals surface area (Å²) in [6.45, 7) is 1.76. The largest absolute Gasteiger partial charge is 0.417 e. The third-order valence-electron chi connectivity index (χ3n) is 3.59. The van der Waals surface area contributed by atoms with Gasteiger partial charge in [-0.3, -0.25) is 14.5 Å². The van der Waals surface area contributed by atoms with Gasteiger partial charge in [-0.05, 0) is 18.6 Å². The first kappa shape index (κ1) is 18.5. The van der Waals surface area contributed by atoms with Gasteiger partial charge in [-0.2, -0.15) is 13.2 Å². The van der Waals surface area contributed by atoms with Crippen molar-refractivity contribution in [2.24, 2.45) is 0 Å². The summed E-state index contributed by atoms with van der Waals surface area (Å²) in [7, 11) is 0. The first-order chi connectivity index (χ1) is 12.2. The second-order valence-electron chi connectivity index (χ2n) is 5.36. The average Bonchev–Trinajstić information content (AvgIpc) is 2.97. The Morgan fingerprint density at radius 3 is 2.69 bits per heavy atom. The van der Waals surface area contributed by atoms with Gasteiger partial charge in [0.05, 0.1) is 15.5 Å². The molecule has 1 aromatic carbocycles. The van der Waals surface area contributed by atoms with Crippen LogP contribution in [0.2, 0.25) is 5.02 Å². The smallest absolute Gasteiger partial charge is 0.276 e. The SMILES string of the molecule is CC(Sc1nnc2c(Cl)cc(C(F)(F)F)cn12)c1cccc([N+](=O)[O-])c1. The van der Waals surface area contributed by atoms with Gasteiger partial charge in [0, 0.05) is 23.6 Å². The number of pyridine rings is 1. The number of aromatic nitrogens is 3. The first-order valence-electron chi connectivity index (χ1n) is 7.19. The van der Waals surface area contributed by atoms with E-state index in [0.29, 0.717) is 5.56 Å². The molecule has 0 bridgehead atoms. The van der Waals surface area contributed by atoms with E-state index in [1.807, 2.05) is 0 Å². The standard InChI is InChI=1S/C15H10ClF3N4O2S/c1-8(9-3-2-4-11(5-9)23(24)25)26-14-21-20-13-12(16)6-10(7-22(13)14)15(17,18)19/h2-8H,1H3. The Morgan fingerprint density at radius 1 is 1.31 bits per heavy atom. The molecule has 0 fully saturated rings. The van der Waals surface area contributed by atoms with Crippen LogP contribution >= 0.6 is 23.4 Å². The summed E-state index contributed by atoms with van der Waals surface area (Å²) in [5, 5.41) is 18.3. The Kier molecular flexibility index (Phi) is 4.80. The molecular formula is C15H10ClF3N4O2S. The molecule has 0 spiro atoms. The molecule has 26 heavy (non-hydrogen) atoms. The minimum atomic E-state index is -4.56. The maximum atomic E-state index is 13.0. The van der Waals surface area contributed by atoms with Crippen molar-refractivity contribution in [2.45, 2.75) is 23.5 Å².